The molecule has 0 aliphatic heterocycles. The van der Waals surface area contributed by atoms with Gasteiger partial charge >= 0.3 is 0 Å². The molecule has 0 aromatic heterocycles. The van der Waals surface area contributed by atoms with Crippen LogP contribution in [0.1, 0.15) is 20.3 Å². The molecule has 0 aromatic rings. The van der Waals surface area contributed by atoms with Crippen molar-refractivity contribution < 1.29 is 4.79 Å². The van der Waals surface area contributed by atoms with Crippen LogP contribution in [0.15, 0.2) is 23.8 Å². The van der Waals surface area contributed by atoms with Crippen molar-refractivity contribution >= 4 is 5.78 Å². The van der Waals surface area contributed by atoms with Gasteiger partial charge in [0.25, 0.3) is 0 Å². The standard InChI is InChI=1S/C11H13NO/c1-7(2)9-5-4-8(3)11(13)10(9)6-12/h4,9-10H,1,5H2,2-3H3/t9-,10?/m1/s1. The number of carbonyl (C=O) groups is 1. The van der Waals surface area contributed by atoms with Gasteiger partial charge in [-0.05, 0) is 25.8 Å². The van der Waals surface area contributed by atoms with E-state index in [4.69, 9.17) is 5.26 Å². The van der Waals surface area contributed by atoms with Crippen LogP contribution in [0.25, 0.3) is 0 Å². The maximum atomic E-state index is 11.5. The highest BCUT2D eigenvalue weighted by molar-refractivity contribution is 5.99. The predicted octanol–water partition coefficient (Wildman–Crippen LogP) is 2.24. The van der Waals surface area contributed by atoms with Gasteiger partial charge in [0.1, 0.15) is 5.92 Å². The maximum Gasteiger partial charge on any atom is 0.175 e. The molecule has 0 N–H and O–H groups in total. The molecule has 2 heteroatoms. The highest BCUT2D eigenvalue weighted by Gasteiger charge is 2.32. The summed E-state index contributed by atoms with van der Waals surface area (Å²) in [7, 11) is 0. The van der Waals surface area contributed by atoms with E-state index in [1.807, 2.05) is 13.0 Å². The van der Waals surface area contributed by atoms with Crippen LogP contribution in [0.5, 0.6) is 0 Å². The lowest BCUT2D eigenvalue weighted by Crippen LogP contribution is -2.27. The average molecular weight is 175 g/mol. The van der Waals surface area contributed by atoms with Gasteiger partial charge in [-0.1, -0.05) is 18.2 Å². The zero-order valence-corrected chi connectivity index (χ0v) is 8.00. The molecule has 1 aliphatic rings. The first-order valence-electron chi connectivity index (χ1n) is 4.34. The van der Waals surface area contributed by atoms with E-state index < -0.39 is 5.92 Å². The summed E-state index contributed by atoms with van der Waals surface area (Å²) < 4.78 is 0. The molecule has 68 valence electrons. The van der Waals surface area contributed by atoms with Crippen molar-refractivity contribution in [3.8, 4) is 6.07 Å². The SMILES string of the molecule is C=C(C)[C@H]1CC=C(C)C(=O)C1C#N. The normalized spacial score (nSPS) is 27.8. The Morgan fingerprint density at radius 1 is 1.77 bits per heavy atom. The van der Waals surface area contributed by atoms with Gasteiger partial charge in [0.15, 0.2) is 5.78 Å². The van der Waals surface area contributed by atoms with Crippen LogP contribution in [-0.4, -0.2) is 5.78 Å². The Morgan fingerprint density at radius 2 is 2.38 bits per heavy atom. The second-order valence-corrected chi connectivity index (χ2v) is 3.55. The smallest absolute Gasteiger partial charge is 0.175 e. The molecule has 1 rings (SSSR count). The van der Waals surface area contributed by atoms with Gasteiger partial charge < -0.3 is 0 Å². The third-order valence-electron chi connectivity index (χ3n) is 2.52. The van der Waals surface area contributed by atoms with Gasteiger partial charge in [-0.25, -0.2) is 0 Å². The fourth-order valence-corrected chi connectivity index (χ4v) is 1.60. The van der Waals surface area contributed by atoms with Crippen molar-refractivity contribution in [1.82, 2.24) is 0 Å². The molecular formula is C11H13NO. The summed E-state index contributed by atoms with van der Waals surface area (Å²) in [5, 5.41) is 8.86. The Kier molecular flexibility index (Phi) is 2.67. The minimum Gasteiger partial charge on any atom is -0.293 e. The lowest BCUT2D eigenvalue weighted by molar-refractivity contribution is -0.119. The Balaban J connectivity index is 3.00. The van der Waals surface area contributed by atoms with Gasteiger partial charge in [-0.15, -0.1) is 0 Å². The fraction of sp³-hybridized carbons (Fsp3) is 0.455. The summed E-state index contributed by atoms with van der Waals surface area (Å²) in [6.07, 6.45) is 2.67. The third-order valence-corrected chi connectivity index (χ3v) is 2.52. The Labute approximate surface area is 78.6 Å². The van der Waals surface area contributed by atoms with E-state index in [-0.39, 0.29) is 11.7 Å². The molecule has 1 aliphatic carbocycles. The Hall–Kier alpha value is -1.36. The van der Waals surface area contributed by atoms with Gasteiger partial charge in [0.2, 0.25) is 0 Å². The quantitative estimate of drug-likeness (QED) is 0.573. The van der Waals surface area contributed by atoms with E-state index in [2.05, 4.69) is 12.6 Å². The van der Waals surface area contributed by atoms with Crippen molar-refractivity contribution in [2.24, 2.45) is 11.8 Å². The molecule has 0 fully saturated rings. The number of rotatable bonds is 1. The van der Waals surface area contributed by atoms with Crippen LogP contribution in [-0.2, 0) is 4.79 Å². The van der Waals surface area contributed by atoms with Crippen molar-refractivity contribution in [1.29, 1.82) is 5.26 Å². The van der Waals surface area contributed by atoms with Gasteiger partial charge in [0.05, 0.1) is 6.07 Å². The molecule has 1 unspecified atom stereocenters. The number of Topliss-reactive ketones (excluding diaryl/α,β-unsaturated/α-hetero) is 1. The summed E-state index contributed by atoms with van der Waals surface area (Å²) in [6.45, 7) is 7.44. The molecule has 0 aromatic carbocycles. The number of hydrogen-bond acceptors (Lipinski definition) is 2. The molecule has 0 saturated carbocycles. The summed E-state index contributed by atoms with van der Waals surface area (Å²) in [5.41, 5.74) is 1.63. The van der Waals surface area contributed by atoms with Gasteiger partial charge in [-0.3, -0.25) is 4.79 Å². The van der Waals surface area contributed by atoms with Crippen LogP contribution < -0.4 is 0 Å². The van der Waals surface area contributed by atoms with Crippen molar-refractivity contribution in [3.63, 3.8) is 0 Å². The summed E-state index contributed by atoms with van der Waals surface area (Å²) in [4.78, 5) is 11.5. The van der Waals surface area contributed by atoms with E-state index in [1.54, 1.807) is 6.92 Å². The van der Waals surface area contributed by atoms with E-state index in [0.717, 1.165) is 12.0 Å². The van der Waals surface area contributed by atoms with E-state index in [9.17, 15) is 4.79 Å². The number of nitriles is 1. The summed E-state index contributed by atoms with van der Waals surface area (Å²) in [6, 6.07) is 2.06. The number of allylic oxidation sites excluding steroid dienone is 3. The first kappa shape index (κ1) is 9.73. The van der Waals surface area contributed by atoms with Crippen LogP contribution in [0.4, 0.5) is 0 Å². The topological polar surface area (TPSA) is 40.9 Å². The fourth-order valence-electron chi connectivity index (χ4n) is 1.60. The minimum atomic E-state index is -0.512. The lowest BCUT2D eigenvalue weighted by Gasteiger charge is -2.24. The average Bonchev–Trinajstić information content (AvgIpc) is 2.09. The molecule has 0 heterocycles. The minimum absolute atomic E-state index is 0.0150. The molecule has 0 saturated heterocycles. The number of hydrogen-bond donors (Lipinski definition) is 0. The lowest BCUT2D eigenvalue weighted by atomic mass is 9.77. The summed E-state index contributed by atoms with van der Waals surface area (Å²) >= 11 is 0. The maximum absolute atomic E-state index is 11.5. The molecule has 0 amide bonds. The highest BCUT2D eigenvalue weighted by atomic mass is 16.1. The molecule has 0 radical (unpaired) electrons. The van der Waals surface area contributed by atoms with Crippen LogP contribution in [0.3, 0.4) is 0 Å². The molecule has 0 bridgehead atoms. The Morgan fingerprint density at radius 3 is 2.85 bits per heavy atom. The molecule has 0 spiro atoms. The van der Waals surface area contributed by atoms with Crippen LogP contribution >= 0.6 is 0 Å². The predicted molar refractivity (Wildman–Crippen MR) is 50.8 cm³/mol. The van der Waals surface area contributed by atoms with Crippen LogP contribution in [0, 0.1) is 23.2 Å². The zero-order chi connectivity index (χ0) is 10.0. The van der Waals surface area contributed by atoms with Crippen molar-refractivity contribution in [2.75, 3.05) is 0 Å². The second kappa shape index (κ2) is 3.57. The molecule has 13 heavy (non-hydrogen) atoms. The van der Waals surface area contributed by atoms with E-state index in [0.29, 0.717) is 5.57 Å². The van der Waals surface area contributed by atoms with E-state index in [1.165, 1.54) is 0 Å². The number of carbonyl (C=O) groups excluding carboxylic acids is 1. The van der Waals surface area contributed by atoms with Crippen molar-refractivity contribution in [3.05, 3.63) is 23.8 Å². The Bertz CT molecular complexity index is 319. The first-order valence-corrected chi connectivity index (χ1v) is 4.34. The van der Waals surface area contributed by atoms with Crippen LogP contribution in [0.2, 0.25) is 0 Å². The van der Waals surface area contributed by atoms with Gasteiger partial charge in [-0.2, -0.15) is 5.26 Å². The third kappa shape index (κ3) is 1.70. The van der Waals surface area contributed by atoms with Crippen molar-refractivity contribution in [2.45, 2.75) is 20.3 Å². The molecular weight excluding hydrogens is 162 g/mol. The second-order valence-electron chi connectivity index (χ2n) is 3.55. The molecule has 2 nitrogen and oxygen atoms in total. The monoisotopic (exact) mass is 175 g/mol. The highest BCUT2D eigenvalue weighted by Crippen LogP contribution is 2.30. The zero-order valence-electron chi connectivity index (χ0n) is 8.00. The first-order chi connectivity index (χ1) is 6.07. The van der Waals surface area contributed by atoms with E-state index >= 15 is 0 Å². The van der Waals surface area contributed by atoms with Gasteiger partial charge in [0, 0.05) is 5.92 Å². The number of nitrogens with zero attached hydrogens (tertiary/aromatic N) is 1. The summed E-state index contributed by atoms with van der Waals surface area (Å²) in [5.74, 6) is -0.537. The number of ketones is 1. The largest absolute Gasteiger partial charge is 0.293 e. The molecule has 2 atom stereocenters.